The fraction of sp³-hybridized carbons (Fsp3) is 0.533. The summed E-state index contributed by atoms with van der Waals surface area (Å²) >= 11 is 6.11. The standard InChI is InChI=1S/C15H20ClN3/c1-2-13-15(17-12-6-4-3-5-7-12)19-10-11(16)8-9-14(19)18-13/h8-10,12,17H,2-7H2,1H3. The van der Waals surface area contributed by atoms with E-state index in [-0.39, 0.29) is 0 Å². The van der Waals surface area contributed by atoms with E-state index in [1.165, 1.54) is 32.1 Å². The van der Waals surface area contributed by atoms with Crippen molar-refractivity contribution in [3.63, 3.8) is 0 Å². The molecule has 0 aliphatic heterocycles. The normalized spacial score (nSPS) is 16.9. The van der Waals surface area contributed by atoms with Crippen LogP contribution in [0.15, 0.2) is 18.3 Å². The van der Waals surface area contributed by atoms with E-state index in [4.69, 9.17) is 11.6 Å². The predicted molar refractivity (Wildman–Crippen MR) is 80.1 cm³/mol. The number of hydrogen-bond donors (Lipinski definition) is 1. The van der Waals surface area contributed by atoms with Crippen LogP contribution < -0.4 is 5.32 Å². The van der Waals surface area contributed by atoms with E-state index in [0.717, 1.165) is 28.6 Å². The Kier molecular flexibility index (Phi) is 3.65. The molecule has 3 nitrogen and oxygen atoms in total. The van der Waals surface area contributed by atoms with Crippen molar-refractivity contribution in [3.8, 4) is 0 Å². The van der Waals surface area contributed by atoms with E-state index in [1.807, 2.05) is 18.3 Å². The largest absolute Gasteiger partial charge is 0.367 e. The van der Waals surface area contributed by atoms with E-state index >= 15 is 0 Å². The minimum absolute atomic E-state index is 0.581. The first-order valence-electron chi connectivity index (χ1n) is 7.21. The minimum Gasteiger partial charge on any atom is -0.367 e. The summed E-state index contributed by atoms with van der Waals surface area (Å²) in [4.78, 5) is 4.68. The Morgan fingerprint density at radius 3 is 2.84 bits per heavy atom. The van der Waals surface area contributed by atoms with Crippen LogP contribution in [0.3, 0.4) is 0 Å². The van der Waals surface area contributed by atoms with Crippen molar-refractivity contribution >= 4 is 23.1 Å². The van der Waals surface area contributed by atoms with Gasteiger partial charge in [-0.25, -0.2) is 4.98 Å². The van der Waals surface area contributed by atoms with Crippen LogP contribution in [0.5, 0.6) is 0 Å². The molecular weight excluding hydrogens is 258 g/mol. The van der Waals surface area contributed by atoms with Gasteiger partial charge in [0.15, 0.2) is 0 Å². The van der Waals surface area contributed by atoms with Crippen molar-refractivity contribution in [2.45, 2.75) is 51.5 Å². The summed E-state index contributed by atoms with van der Waals surface area (Å²) in [5, 5.41) is 4.44. The van der Waals surface area contributed by atoms with E-state index in [2.05, 4.69) is 21.6 Å². The second-order valence-electron chi connectivity index (χ2n) is 5.32. The molecule has 3 rings (SSSR count). The molecule has 19 heavy (non-hydrogen) atoms. The van der Waals surface area contributed by atoms with E-state index < -0.39 is 0 Å². The quantitative estimate of drug-likeness (QED) is 0.907. The third kappa shape index (κ3) is 2.57. The summed E-state index contributed by atoms with van der Waals surface area (Å²) in [6, 6.07) is 4.46. The number of nitrogens with zero attached hydrogens (tertiary/aromatic N) is 2. The molecule has 2 aromatic heterocycles. The maximum atomic E-state index is 6.11. The zero-order valence-electron chi connectivity index (χ0n) is 11.3. The summed E-state index contributed by atoms with van der Waals surface area (Å²) in [5.41, 5.74) is 2.10. The van der Waals surface area contributed by atoms with Crippen LogP contribution in [-0.2, 0) is 6.42 Å². The Balaban J connectivity index is 1.97. The monoisotopic (exact) mass is 277 g/mol. The number of rotatable bonds is 3. The highest BCUT2D eigenvalue weighted by Gasteiger charge is 2.17. The van der Waals surface area contributed by atoms with Gasteiger partial charge in [0.2, 0.25) is 0 Å². The van der Waals surface area contributed by atoms with E-state index in [1.54, 1.807) is 0 Å². The van der Waals surface area contributed by atoms with Crippen LogP contribution in [0, 0.1) is 0 Å². The molecule has 0 unspecified atom stereocenters. The van der Waals surface area contributed by atoms with Crippen molar-refractivity contribution in [1.82, 2.24) is 9.38 Å². The second-order valence-corrected chi connectivity index (χ2v) is 5.75. The van der Waals surface area contributed by atoms with Crippen molar-refractivity contribution in [3.05, 3.63) is 29.0 Å². The van der Waals surface area contributed by atoms with Crippen molar-refractivity contribution in [1.29, 1.82) is 0 Å². The minimum atomic E-state index is 0.581. The Morgan fingerprint density at radius 1 is 1.32 bits per heavy atom. The molecule has 0 bridgehead atoms. The smallest absolute Gasteiger partial charge is 0.138 e. The van der Waals surface area contributed by atoms with Gasteiger partial charge in [0, 0.05) is 12.2 Å². The molecule has 1 saturated carbocycles. The molecule has 1 N–H and O–H groups in total. The molecule has 4 heteroatoms. The zero-order valence-corrected chi connectivity index (χ0v) is 12.1. The number of fused-ring (bicyclic) bond motifs is 1. The van der Waals surface area contributed by atoms with Gasteiger partial charge in [0.25, 0.3) is 0 Å². The summed E-state index contributed by atoms with van der Waals surface area (Å²) in [6.07, 6.45) is 9.45. The van der Waals surface area contributed by atoms with Gasteiger partial charge >= 0.3 is 0 Å². The van der Waals surface area contributed by atoms with Gasteiger partial charge in [-0.3, -0.25) is 4.40 Å². The summed E-state index contributed by atoms with van der Waals surface area (Å²) in [5.74, 6) is 1.13. The fourth-order valence-corrected chi connectivity index (χ4v) is 3.07. The molecule has 0 saturated heterocycles. The molecule has 2 aromatic rings. The van der Waals surface area contributed by atoms with Gasteiger partial charge in [-0.05, 0) is 31.4 Å². The number of aryl methyl sites for hydroxylation is 1. The van der Waals surface area contributed by atoms with Crippen LogP contribution in [0.1, 0.15) is 44.7 Å². The van der Waals surface area contributed by atoms with E-state index in [9.17, 15) is 0 Å². The molecule has 0 atom stereocenters. The highest BCUT2D eigenvalue weighted by atomic mass is 35.5. The summed E-state index contributed by atoms with van der Waals surface area (Å²) in [6.45, 7) is 2.15. The van der Waals surface area contributed by atoms with Crippen LogP contribution in [0.4, 0.5) is 5.82 Å². The maximum absolute atomic E-state index is 6.11. The summed E-state index contributed by atoms with van der Waals surface area (Å²) < 4.78 is 2.09. The lowest BCUT2D eigenvalue weighted by molar-refractivity contribution is 0.461. The number of imidazole rings is 1. The van der Waals surface area contributed by atoms with Gasteiger partial charge in [-0.1, -0.05) is 37.8 Å². The van der Waals surface area contributed by atoms with Crippen molar-refractivity contribution in [2.75, 3.05) is 5.32 Å². The lowest BCUT2D eigenvalue weighted by atomic mass is 9.95. The molecule has 0 spiro atoms. The first-order valence-corrected chi connectivity index (χ1v) is 7.58. The number of nitrogens with one attached hydrogen (secondary N) is 1. The third-order valence-corrected chi connectivity index (χ3v) is 4.16. The molecule has 1 aliphatic carbocycles. The van der Waals surface area contributed by atoms with Crippen LogP contribution >= 0.6 is 11.6 Å². The number of hydrogen-bond acceptors (Lipinski definition) is 2. The highest BCUT2D eigenvalue weighted by Crippen LogP contribution is 2.26. The van der Waals surface area contributed by atoms with Crippen LogP contribution in [0.25, 0.3) is 5.65 Å². The maximum Gasteiger partial charge on any atom is 0.138 e. The number of anilines is 1. The molecule has 0 amide bonds. The molecule has 1 aliphatic rings. The first-order chi connectivity index (χ1) is 9.28. The van der Waals surface area contributed by atoms with Gasteiger partial charge in [0.1, 0.15) is 11.5 Å². The molecule has 2 heterocycles. The lowest BCUT2D eigenvalue weighted by Crippen LogP contribution is -2.23. The van der Waals surface area contributed by atoms with Crippen LogP contribution in [0.2, 0.25) is 5.02 Å². The zero-order chi connectivity index (χ0) is 13.2. The topological polar surface area (TPSA) is 29.3 Å². The number of pyridine rings is 1. The Labute approximate surface area is 119 Å². The van der Waals surface area contributed by atoms with Gasteiger partial charge < -0.3 is 5.32 Å². The molecule has 0 aromatic carbocycles. The average Bonchev–Trinajstić information content (AvgIpc) is 2.78. The third-order valence-electron chi connectivity index (χ3n) is 3.94. The van der Waals surface area contributed by atoms with Gasteiger partial charge in [-0.15, -0.1) is 0 Å². The Hall–Kier alpha value is -1.22. The summed E-state index contributed by atoms with van der Waals surface area (Å²) in [7, 11) is 0. The van der Waals surface area contributed by atoms with E-state index in [0.29, 0.717) is 6.04 Å². The first kappa shape index (κ1) is 12.8. The second kappa shape index (κ2) is 5.41. The van der Waals surface area contributed by atoms with Gasteiger partial charge in [-0.2, -0.15) is 0 Å². The van der Waals surface area contributed by atoms with Crippen molar-refractivity contribution in [2.24, 2.45) is 0 Å². The molecule has 102 valence electrons. The predicted octanol–water partition coefficient (Wildman–Crippen LogP) is 4.29. The number of aromatic nitrogens is 2. The van der Waals surface area contributed by atoms with Crippen LogP contribution in [-0.4, -0.2) is 15.4 Å². The van der Waals surface area contributed by atoms with Crippen molar-refractivity contribution < 1.29 is 0 Å². The molecular formula is C15H20ClN3. The SMILES string of the molecule is CCc1nc2ccc(Cl)cn2c1NC1CCCCC1. The highest BCUT2D eigenvalue weighted by molar-refractivity contribution is 6.30. The lowest BCUT2D eigenvalue weighted by Gasteiger charge is -2.24. The fourth-order valence-electron chi connectivity index (χ4n) is 2.91. The Bertz CT molecular complexity index is 570. The Morgan fingerprint density at radius 2 is 2.11 bits per heavy atom. The molecule has 0 radical (unpaired) electrons. The van der Waals surface area contributed by atoms with Gasteiger partial charge in [0.05, 0.1) is 10.7 Å². The number of halogens is 1. The molecule has 1 fully saturated rings. The average molecular weight is 278 g/mol.